The fourth-order valence-electron chi connectivity index (χ4n) is 0.871. The van der Waals surface area contributed by atoms with Gasteiger partial charge in [0.2, 0.25) is 5.13 Å². The zero-order valence-corrected chi connectivity index (χ0v) is 10.8. The fraction of sp³-hybridized carbons (Fsp3) is 0.500. The average molecular weight is 277 g/mol. The third-order valence-corrected chi connectivity index (χ3v) is 3.59. The Hall–Kier alpha value is -1.35. The van der Waals surface area contributed by atoms with Gasteiger partial charge in [-0.25, -0.2) is 4.79 Å². The van der Waals surface area contributed by atoms with E-state index in [2.05, 4.69) is 20.3 Å². The second-order valence-electron chi connectivity index (χ2n) is 2.94. The summed E-state index contributed by atoms with van der Waals surface area (Å²) in [7, 11) is 1.30. The molecule has 17 heavy (non-hydrogen) atoms. The zero-order chi connectivity index (χ0) is 12.8. The van der Waals surface area contributed by atoms with E-state index in [0.717, 1.165) is 11.8 Å². The van der Waals surface area contributed by atoms with E-state index in [1.54, 1.807) is 6.92 Å². The molecule has 1 unspecified atom stereocenters. The van der Waals surface area contributed by atoms with Crippen molar-refractivity contribution in [1.29, 1.82) is 0 Å². The summed E-state index contributed by atoms with van der Waals surface area (Å²) in [5, 5.41) is 19.3. The van der Waals surface area contributed by atoms with Gasteiger partial charge in [0, 0.05) is 0 Å². The van der Waals surface area contributed by atoms with E-state index in [9.17, 15) is 9.59 Å². The molecular weight excluding hydrogens is 266 g/mol. The Balaban J connectivity index is 2.50. The third kappa shape index (κ3) is 4.57. The highest BCUT2D eigenvalue weighted by molar-refractivity contribution is 8.01. The molecular formula is C8H11N3O4S2. The van der Waals surface area contributed by atoms with E-state index >= 15 is 0 Å². The normalized spacial score (nSPS) is 11.9. The number of anilines is 1. The van der Waals surface area contributed by atoms with Gasteiger partial charge >= 0.3 is 11.9 Å². The molecule has 0 aliphatic heterocycles. The Kier molecular flexibility index (Phi) is 5.16. The minimum Gasteiger partial charge on any atom is -0.481 e. The van der Waals surface area contributed by atoms with Crippen molar-refractivity contribution in [2.75, 3.05) is 18.2 Å². The van der Waals surface area contributed by atoms with Crippen LogP contribution in [0, 0.1) is 0 Å². The minimum atomic E-state index is -0.914. The highest BCUT2D eigenvalue weighted by atomic mass is 32.2. The first-order valence-corrected chi connectivity index (χ1v) is 6.35. The standard InChI is InChI=1S/C8H11N3O4S2/c1-4(6(14)15-2)9-7-10-11-8(17-7)16-3-5(12)13/h4H,3H2,1-2H3,(H,9,10)(H,12,13). The molecule has 1 rings (SSSR count). The second-order valence-corrected chi connectivity index (χ2v) is 5.14. The average Bonchev–Trinajstić information content (AvgIpc) is 2.73. The number of aromatic nitrogens is 2. The van der Waals surface area contributed by atoms with E-state index in [0.29, 0.717) is 9.47 Å². The summed E-state index contributed by atoms with van der Waals surface area (Å²) in [5.41, 5.74) is 0. The minimum absolute atomic E-state index is 0.0683. The van der Waals surface area contributed by atoms with Crippen LogP contribution in [0.5, 0.6) is 0 Å². The predicted octanol–water partition coefficient (Wildman–Crippen LogP) is 0.688. The van der Waals surface area contributed by atoms with Gasteiger partial charge in [-0.05, 0) is 6.92 Å². The highest BCUT2D eigenvalue weighted by Crippen LogP contribution is 2.25. The SMILES string of the molecule is COC(=O)C(C)Nc1nnc(SCC(=O)O)s1. The largest absolute Gasteiger partial charge is 0.481 e. The summed E-state index contributed by atoms with van der Waals surface area (Å²) in [6, 6.07) is -0.523. The van der Waals surface area contributed by atoms with Gasteiger partial charge in [0.05, 0.1) is 12.9 Å². The molecule has 0 saturated carbocycles. The number of carboxylic acids is 1. The zero-order valence-electron chi connectivity index (χ0n) is 9.17. The number of carbonyl (C=O) groups excluding carboxylic acids is 1. The van der Waals surface area contributed by atoms with Crippen LogP contribution in [-0.2, 0) is 14.3 Å². The summed E-state index contributed by atoms with van der Waals surface area (Å²) in [6.07, 6.45) is 0. The number of thioether (sulfide) groups is 1. The van der Waals surface area contributed by atoms with Crippen molar-refractivity contribution < 1.29 is 19.4 Å². The van der Waals surface area contributed by atoms with Crippen molar-refractivity contribution in [3.8, 4) is 0 Å². The fourth-order valence-corrected chi connectivity index (χ4v) is 2.43. The molecule has 0 saturated heterocycles. The maximum atomic E-state index is 11.1. The number of aliphatic carboxylic acids is 1. The first-order chi connectivity index (χ1) is 8.02. The van der Waals surface area contributed by atoms with Gasteiger partial charge < -0.3 is 15.2 Å². The number of carbonyl (C=O) groups is 2. The van der Waals surface area contributed by atoms with Crippen molar-refractivity contribution in [1.82, 2.24) is 10.2 Å². The highest BCUT2D eigenvalue weighted by Gasteiger charge is 2.15. The van der Waals surface area contributed by atoms with E-state index in [4.69, 9.17) is 5.11 Å². The quantitative estimate of drug-likeness (QED) is 0.578. The molecule has 1 atom stereocenters. The molecule has 2 N–H and O–H groups in total. The van der Waals surface area contributed by atoms with Gasteiger partial charge in [-0.1, -0.05) is 23.1 Å². The van der Waals surface area contributed by atoms with Crippen LogP contribution in [0.2, 0.25) is 0 Å². The Labute approximate surface area is 106 Å². The van der Waals surface area contributed by atoms with Gasteiger partial charge in [-0.2, -0.15) is 0 Å². The molecule has 0 spiro atoms. The molecule has 0 aromatic carbocycles. The number of methoxy groups -OCH3 is 1. The lowest BCUT2D eigenvalue weighted by Crippen LogP contribution is -2.27. The summed E-state index contributed by atoms with van der Waals surface area (Å²) < 4.78 is 5.08. The second kappa shape index (κ2) is 6.40. The summed E-state index contributed by atoms with van der Waals surface area (Å²) in [4.78, 5) is 21.5. The number of hydrogen-bond acceptors (Lipinski definition) is 8. The molecule has 1 aromatic rings. The Morgan fingerprint density at radius 2 is 2.29 bits per heavy atom. The van der Waals surface area contributed by atoms with Crippen molar-refractivity contribution in [2.24, 2.45) is 0 Å². The van der Waals surface area contributed by atoms with Gasteiger partial charge in [-0.15, -0.1) is 10.2 Å². The number of ether oxygens (including phenoxy) is 1. The number of hydrogen-bond donors (Lipinski definition) is 2. The molecule has 9 heteroatoms. The molecule has 0 aliphatic carbocycles. The molecule has 0 aliphatic rings. The van der Waals surface area contributed by atoms with Crippen LogP contribution in [0.25, 0.3) is 0 Å². The first-order valence-electron chi connectivity index (χ1n) is 4.55. The third-order valence-electron chi connectivity index (χ3n) is 1.62. The monoisotopic (exact) mass is 277 g/mol. The Morgan fingerprint density at radius 3 is 2.88 bits per heavy atom. The van der Waals surface area contributed by atoms with Crippen LogP contribution >= 0.6 is 23.1 Å². The Bertz CT molecular complexity index is 409. The molecule has 0 fully saturated rings. The van der Waals surface area contributed by atoms with Gasteiger partial charge in [-0.3, -0.25) is 4.79 Å². The molecule has 0 radical (unpaired) electrons. The lowest BCUT2D eigenvalue weighted by atomic mass is 10.3. The number of carboxylic acid groups (broad SMARTS) is 1. The number of rotatable bonds is 6. The van der Waals surface area contributed by atoms with E-state index in [-0.39, 0.29) is 5.75 Å². The number of nitrogens with zero attached hydrogens (tertiary/aromatic N) is 2. The number of nitrogens with one attached hydrogen (secondary N) is 1. The maximum absolute atomic E-state index is 11.1. The lowest BCUT2D eigenvalue weighted by molar-refractivity contribution is -0.141. The Morgan fingerprint density at radius 1 is 1.59 bits per heavy atom. The topological polar surface area (TPSA) is 101 Å². The van der Waals surface area contributed by atoms with Crippen molar-refractivity contribution in [3.05, 3.63) is 0 Å². The van der Waals surface area contributed by atoms with Crippen LogP contribution < -0.4 is 5.32 Å². The van der Waals surface area contributed by atoms with Gasteiger partial charge in [0.25, 0.3) is 0 Å². The molecule has 94 valence electrons. The number of esters is 1. The molecule has 0 bridgehead atoms. The summed E-state index contributed by atoms with van der Waals surface area (Å²) >= 11 is 2.27. The van der Waals surface area contributed by atoms with Crippen molar-refractivity contribution >= 4 is 40.2 Å². The van der Waals surface area contributed by atoms with Crippen LogP contribution in [0.4, 0.5) is 5.13 Å². The van der Waals surface area contributed by atoms with E-state index < -0.39 is 18.0 Å². The van der Waals surface area contributed by atoms with E-state index in [1.165, 1.54) is 18.4 Å². The van der Waals surface area contributed by atoms with E-state index in [1.807, 2.05) is 0 Å². The molecule has 1 heterocycles. The molecule has 7 nitrogen and oxygen atoms in total. The van der Waals surface area contributed by atoms with Crippen LogP contribution in [0.1, 0.15) is 6.92 Å². The summed E-state index contributed by atoms with van der Waals surface area (Å²) in [6.45, 7) is 1.64. The smallest absolute Gasteiger partial charge is 0.328 e. The maximum Gasteiger partial charge on any atom is 0.328 e. The first kappa shape index (κ1) is 13.7. The van der Waals surface area contributed by atoms with Gasteiger partial charge in [0.15, 0.2) is 4.34 Å². The van der Waals surface area contributed by atoms with Crippen LogP contribution in [-0.4, -0.2) is 46.1 Å². The predicted molar refractivity (Wildman–Crippen MR) is 63.4 cm³/mol. The molecule has 1 aromatic heterocycles. The van der Waals surface area contributed by atoms with Crippen molar-refractivity contribution in [2.45, 2.75) is 17.3 Å². The summed E-state index contributed by atoms with van der Waals surface area (Å²) in [5.74, 6) is -1.39. The lowest BCUT2D eigenvalue weighted by Gasteiger charge is -2.08. The van der Waals surface area contributed by atoms with Crippen LogP contribution in [0.3, 0.4) is 0 Å². The molecule has 0 amide bonds. The van der Waals surface area contributed by atoms with Crippen LogP contribution in [0.15, 0.2) is 4.34 Å². The van der Waals surface area contributed by atoms with Gasteiger partial charge in [0.1, 0.15) is 6.04 Å². The van der Waals surface area contributed by atoms with Crippen molar-refractivity contribution in [3.63, 3.8) is 0 Å².